The van der Waals surface area contributed by atoms with Crippen molar-refractivity contribution in [1.29, 1.82) is 0 Å². The number of anilines is 1. The number of carbonyl (C=O) groups excluding carboxylic acids is 1. The minimum Gasteiger partial charge on any atom is -0.487 e. The van der Waals surface area contributed by atoms with E-state index in [1.807, 2.05) is 38.1 Å². The summed E-state index contributed by atoms with van der Waals surface area (Å²) in [6.07, 6.45) is 0.902. The van der Waals surface area contributed by atoms with Crippen molar-refractivity contribution in [1.82, 2.24) is 5.32 Å². The maximum atomic E-state index is 11.9. The molecule has 0 fully saturated rings. The number of aryl methyl sites for hydroxylation is 1. The quantitative estimate of drug-likeness (QED) is 0.804. The van der Waals surface area contributed by atoms with Gasteiger partial charge in [0.15, 0.2) is 0 Å². The fourth-order valence-electron chi connectivity index (χ4n) is 2.01. The summed E-state index contributed by atoms with van der Waals surface area (Å²) in [7, 11) is 0. The summed E-state index contributed by atoms with van der Waals surface area (Å²) < 4.78 is 5.72. The first kappa shape index (κ1) is 15.9. The van der Waals surface area contributed by atoms with Gasteiger partial charge in [0.2, 0.25) is 0 Å². The van der Waals surface area contributed by atoms with Crippen LogP contribution < -0.4 is 15.8 Å². The first-order valence-corrected chi connectivity index (χ1v) is 7.46. The molecule has 0 aliphatic carbocycles. The molecule has 2 aromatic carbocycles. The molecule has 2 rings (SSSR count). The second-order valence-electron chi connectivity index (χ2n) is 5.28. The second kappa shape index (κ2) is 7.50. The zero-order chi connectivity index (χ0) is 15.9. The Bertz CT molecular complexity index is 636. The lowest BCUT2D eigenvalue weighted by molar-refractivity contribution is 0.0953. The Morgan fingerprint density at radius 2 is 1.91 bits per heavy atom. The average molecular weight is 298 g/mol. The van der Waals surface area contributed by atoms with E-state index in [9.17, 15) is 4.79 Å². The number of rotatable bonds is 6. The van der Waals surface area contributed by atoms with E-state index in [4.69, 9.17) is 10.5 Å². The number of carbonyl (C=O) groups is 1. The molecule has 4 nitrogen and oxygen atoms in total. The van der Waals surface area contributed by atoms with E-state index in [1.165, 1.54) is 5.56 Å². The molecule has 0 heterocycles. The van der Waals surface area contributed by atoms with E-state index < -0.39 is 0 Å². The minimum atomic E-state index is -0.112. The van der Waals surface area contributed by atoms with Crippen molar-refractivity contribution in [2.24, 2.45) is 0 Å². The zero-order valence-corrected chi connectivity index (χ0v) is 13.1. The molecule has 0 aromatic heterocycles. The summed E-state index contributed by atoms with van der Waals surface area (Å²) in [5.41, 5.74) is 9.28. The highest BCUT2D eigenvalue weighted by Crippen LogP contribution is 2.23. The summed E-state index contributed by atoms with van der Waals surface area (Å²) in [6, 6.07) is 13.3. The van der Waals surface area contributed by atoms with Gasteiger partial charge < -0.3 is 15.8 Å². The van der Waals surface area contributed by atoms with Crippen molar-refractivity contribution in [3.05, 3.63) is 59.2 Å². The topological polar surface area (TPSA) is 64.3 Å². The van der Waals surface area contributed by atoms with E-state index in [0.717, 1.165) is 12.0 Å². The highest BCUT2D eigenvalue weighted by molar-refractivity contribution is 5.95. The van der Waals surface area contributed by atoms with Crippen LogP contribution in [0.3, 0.4) is 0 Å². The van der Waals surface area contributed by atoms with Crippen LogP contribution in [0, 0.1) is 6.92 Å². The van der Waals surface area contributed by atoms with Crippen LogP contribution in [0.4, 0.5) is 5.69 Å². The molecule has 0 atom stereocenters. The molecule has 0 radical (unpaired) electrons. The van der Waals surface area contributed by atoms with E-state index >= 15 is 0 Å². The summed E-state index contributed by atoms with van der Waals surface area (Å²) in [6.45, 7) is 5.16. The van der Waals surface area contributed by atoms with Crippen LogP contribution in [0.2, 0.25) is 0 Å². The second-order valence-corrected chi connectivity index (χ2v) is 5.28. The number of benzene rings is 2. The summed E-state index contributed by atoms with van der Waals surface area (Å²) in [5.74, 6) is 0.478. The Morgan fingerprint density at radius 1 is 1.18 bits per heavy atom. The molecule has 1 amide bonds. The van der Waals surface area contributed by atoms with E-state index in [-0.39, 0.29) is 5.91 Å². The fourth-order valence-corrected chi connectivity index (χ4v) is 2.01. The van der Waals surface area contributed by atoms with Crippen molar-refractivity contribution in [2.75, 3.05) is 12.3 Å². The van der Waals surface area contributed by atoms with Gasteiger partial charge in [0.05, 0.1) is 5.69 Å². The Morgan fingerprint density at radius 3 is 2.55 bits per heavy atom. The molecule has 0 aliphatic heterocycles. The van der Waals surface area contributed by atoms with Gasteiger partial charge in [0.25, 0.3) is 5.91 Å². The van der Waals surface area contributed by atoms with Gasteiger partial charge in [0, 0.05) is 12.1 Å². The highest BCUT2D eigenvalue weighted by atomic mass is 16.5. The Labute approximate surface area is 131 Å². The van der Waals surface area contributed by atoms with Gasteiger partial charge in [-0.25, -0.2) is 0 Å². The van der Waals surface area contributed by atoms with Crippen LogP contribution in [0.5, 0.6) is 5.75 Å². The third-order valence-corrected chi connectivity index (χ3v) is 3.32. The standard InChI is InChI=1S/C18H22N2O2/c1-3-10-20-18(21)15-8-9-17(16(19)11-15)22-12-14-6-4-13(2)5-7-14/h4-9,11H,3,10,12,19H2,1-2H3,(H,20,21). The molecule has 0 saturated heterocycles. The molecule has 22 heavy (non-hydrogen) atoms. The zero-order valence-electron chi connectivity index (χ0n) is 13.1. The lowest BCUT2D eigenvalue weighted by atomic mass is 10.1. The molecule has 0 aliphatic rings. The molecule has 3 N–H and O–H groups in total. The van der Waals surface area contributed by atoms with Crippen molar-refractivity contribution >= 4 is 11.6 Å². The SMILES string of the molecule is CCCNC(=O)c1ccc(OCc2ccc(C)cc2)c(N)c1. The van der Waals surface area contributed by atoms with Gasteiger partial charge in [-0.3, -0.25) is 4.79 Å². The van der Waals surface area contributed by atoms with Crippen molar-refractivity contribution in [2.45, 2.75) is 26.9 Å². The number of hydrogen-bond acceptors (Lipinski definition) is 3. The number of nitrogens with one attached hydrogen (secondary N) is 1. The number of ether oxygens (including phenoxy) is 1. The maximum Gasteiger partial charge on any atom is 0.251 e. The van der Waals surface area contributed by atoms with Gasteiger partial charge in [-0.2, -0.15) is 0 Å². The van der Waals surface area contributed by atoms with Crippen LogP contribution in [-0.2, 0) is 6.61 Å². The monoisotopic (exact) mass is 298 g/mol. The third-order valence-electron chi connectivity index (χ3n) is 3.32. The lowest BCUT2D eigenvalue weighted by Gasteiger charge is -2.11. The average Bonchev–Trinajstić information content (AvgIpc) is 2.53. The number of nitrogen functional groups attached to an aromatic ring is 1. The van der Waals surface area contributed by atoms with Crippen LogP contribution in [0.25, 0.3) is 0 Å². The Kier molecular flexibility index (Phi) is 5.42. The smallest absolute Gasteiger partial charge is 0.251 e. The van der Waals surface area contributed by atoms with Gasteiger partial charge in [-0.1, -0.05) is 36.8 Å². The molecule has 4 heteroatoms. The summed E-state index contributed by atoms with van der Waals surface area (Å²) in [5, 5.41) is 2.82. The van der Waals surface area contributed by atoms with Gasteiger partial charge in [-0.15, -0.1) is 0 Å². The molecule has 0 unspecified atom stereocenters. The largest absolute Gasteiger partial charge is 0.487 e. The summed E-state index contributed by atoms with van der Waals surface area (Å²) >= 11 is 0. The molecule has 0 bridgehead atoms. The van der Waals surface area contributed by atoms with E-state index in [1.54, 1.807) is 18.2 Å². The van der Waals surface area contributed by atoms with E-state index in [0.29, 0.717) is 30.2 Å². The normalized spacial score (nSPS) is 10.3. The number of hydrogen-bond donors (Lipinski definition) is 2. The molecular formula is C18H22N2O2. The van der Waals surface area contributed by atoms with Crippen molar-refractivity contribution in [3.8, 4) is 5.75 Å². The third kappa shape index (κ3) is 4.25. The summed E-state index contributed by atoms with van der Waals surface area (Å²) in [4.78, 5) is 11.9. The van der Waals surface area contributed by atoms with Crippen molar-refractivity contribution < 1.29 is 9.53 Å². The highest BCUT2D eigenvalue weighted by Gasteiger charge is 2.08. The molecule has 0 spiro atoms. The molecule has 0 saturated carbocycles. The van der Waals surface area contributed by atoms with Gasteiger partial charge >= 0.3 is 0 Å². The van der Waals surface area contributed by atoms with E-state index in [2.05, 4.69) is 5.32 Å². The van der Waals surface area contributed by atoms with Crippen LogP contribution in [0.1, 0.15) is 34.8 Å². The lowest BCUT2D eigenvalue weighted by Crippen LogP contribution is -2.24. The molecule has 2 aromatic rings. The maximum absolute atomic E-state index is 11.9. The van der Waals surface area contributed by atoms with Crippen LogP contribution >= 0.6 is 0 Å². The predicted octanol–water partition coefficient (Wildman–Crippen LogP) is 3.30. The van der Waals surface area contributed by atoms with Crippen LogP contribution in [-0.4, -0.2) is 12.5 Å². The van der Waals surface area contributed by atoms with Gasteiger partial charge in [-0.05, 0) is 37.1 Å². The first-order chi connectivity index (χ1) is 10.6. The number of amides is 1. The fraction of sp³-hybridized carbons (Fsp3) is 0.278. The minimum absolute atomic E-state index is 0.112. The van der Waals surface area contributed by atoms with Crippen molar-refractivity contribution in [3.63, 3.8) is 0 Å². The number of nitrogens with two attached hydrogens (primary N) is 1. The van der Waals surface area contributed by atoms with Crippen LogP contribution in [0.15, 0.2) is 42.5 Å². The Balaban J connectivity index is 2.00. The first-order valence-electron chi connectivity index (χ1n) is 7.46. The molecule has 116 valence electrons. The van der Waals surface area contributed by atoms with Gasteiger partial charge in [0.1, 0.15) is 12.4 Å². The molecular weight excluding hydrogens is 276 g/mol. The predicted molar refractivity (Wildman–Crippen MR) is 89.0 cm³/mol. The Hall–Kier alpha value is -2.49.